The summed E-state index contributed by atoms with van der Waals surface area (Å²) < 4.78 is 6.97. The van der Waals surface area contributed by atoms with Gasteiger partial charge in [0.15, 0.2) is 0 Å². The Labute approximate surface area is 132 Å². The molecule has 1 N–H and O–H groups in total. The number of aliphatic carboxylic acids is 1. The largest absolute Gasteiger partial charge is 0.481 e. The van der Waals surface area contributed by atoms with Gasteiger partial charge in [-0.3, -0.25) is 4.79 Å². The van der Waals surface area contributed by atoms with Gasteiger partial charge < -0.3 is 9.52 Å². The first-order chi connectivity index (χ1) is 10.9. The van der Waals surface area contributed by atoms with Crippen molar-refractivity contribution in [2.75, 3.05) is 0 Å². The third-order valence-electron chi connectivity index (χ3n) is 3.89. The summed E-state index contributed by atoms with van der Waals surface area (Å²) in [4.78, 5) is 23.1. The van der Waals surface area contributed by atoms with Crippen LogP contribution in [0, 0.1) is 20.8 Å². The lowest BCUT2D eigenvalue weighted by Crippen LogP contribution is -2.15. The molecule has 0 atom stereocenters. The Morgan fingerprint density at radius 3 is 2.48 bits per heavy atom. The number of aromatic nitrogens is 2. The second-order valence-corrected chi connectivity index (χ2v) is 5.58. The summed E-state index contributed by atoms with van der Waals surface area (Å²) in [5.74, 6) is -1.07. The zero-order valence-electron chi connectivity index (χ0n) is 13.1. The van der Waals surface area contributed by atoms with Gasteiger partial charge in [0.1, 0.15) is 0 Å². The highest BCUT2D eigenvalue weighted by Crippen LogP contribution is 2.25. The van der Waals surface area contributed by atoms with Crippen molar-refractivity contribution in [3.05, 3.63) is 57.1 Å². The molecule has 6 nitrogen and oxygen atoms in total. The molecule has 0 bridgehead atoms. The van der Waals surface area contributed by atoms with E-state index in [4.69, 9.17) is 9.52 Å². The van der Waals surface area contributed by atoms with E-state index >= 15 is 0 Å². The molecular formula is C17H16N2O4. The maximum absolute atomic E-state index is 12.2. The highest BCUT2D eigenvalue weighted by Gasteiger charge is 2.20. The van der Waals surface area contributed by atoms with Gasteiger partial charge in [0.2, 0.25) is 5.71 Å². The molecule has 3 aromatic rings. The Balaban J connectivity index is 2.30. The quantitative estimate of drug-likeness (QED) is 0.803. The molecule has 23 heavy (non-hydrogen) atoms. The summed E-state index contributed by atoms with van der Waals surface area (Å²) in [6.45, 7) is 5.52. The number of carboxylic acids is 1. The van der Waals surface area contributed by atoms with Gasteiger partial charge in [-0.05, 0) is 38.5 Å². The van der Waals surface area contributed by atoms with Gasteiger partial charge in [-0.15, -0.1) is 0 Å². The van der Waals surface area contributed by atoms with Crippen LogP contribution in [0.1, 0.15) is 22.4 Å². The van der Waals surface area contributed by atoms with Gasteiger partial charge in [-0.2, -0.15) is 9.78 Å². The summed E-state index contributed by atoms with van der Waals surface area (Å²) in [5, 5.41) is 14.1. The van der Waals surface area contributed by atoms with Crippen molar-refractivity contribution >= 4 is 17.1 Å². The predicted octanol–water partition coefficient (Wildman–Crippen LogP) is 2.53. The molecule has 2 aromatic heterocycles. The number of rotatable bonds is 3. The van der Waals surface area contributed by atoms with Crippen LogP contribution in [0.4, 0.5) is 0 Å². The second kappa shape index (κ2) is 5.39. The standard InChI is InChI=1S/C17H16N2O4/c1-9-4-6-12(7-5-9)19-16-15(11(3)18-19)10(2)13(8-14(20)21)17(22)23-16/h4-7H,8H2,1-3H3,(H,20,21). The fourth-order valence-corrected chi connectivity index (χ4v) is 2.70. The molecular weight excluding hydrogens is 296 g/mol. The van der Waals surface area contributed by atoms with Crippen molar-refractivity contribution in [1.82, 2.24) is 9.78 Å². The minimum atomic E-state index is -1.07. The molecule has 2 heterocycles. The molecule has 0 aliphatic carbocycles. The number of fused-ring (bicyclic) bond motifs is 1. The molecule has 3 rings (SSSR count). The Morgan fingerprint density at radius 2 is 1.87 bits per heavy atom. The fraction of sp³-hybridized carbons (Fsp3) is 0.235. The third-order valence-corrected chi connectivity index (χ3v) is 3.89. The summed E-state index contributed by atoms with van der Waals surface area (Å²) in [6.07, 6.45) is -0.362. The first-order valence-corrected chi connectivity index (χ1v) is 7.19. The molecule has 0 amide bonds. The molecule has 0 saturated carbocycles. The molecule has 0 aliphatic rings. The van der Waals surface area contributed by atoms with Gasteiger partial charge in [-0.25, -0.2) is 4.79 Å². The zero-order valence-corrected chi connectivity index (χ0v) is 13.1. The van der Waals surface area contributed by atoms with E-state index in [-0.39, 0.29) is 12.0 Å². The first-order valence-electron chi connectivity index (χ1n) is 7.19. The average molecular weight is 312 g/mol. The number of hydrogen-bond donors (Lipinski definition) is 1. The SMILES string of the molecule is Cc1ccc(-n2nc(C)c3c(C)c(CC(=O)O)c(=O)oc32)cc1. The molecule has 0 radical (unpaired) electrons. The number of nitrogens with zero attached hydrogens (tertiary/aromatic N) is 2. The number of benzene rings is 1. The topological polar surface area (TPSA) is 85.3 Å². The lowest BCUT2D eigenvalue weighted by Gasteiger charge is -2.05. The molecule has 0 unspecified atom stereocenters. The van der Waals surface area contributed by atoms with E-state index in [2.05, 4.69) is 5.10 Å². The van der Waals surface area contributed by atoms with E-state index in [0.717, 1.165) is 11.3 Å². The predicted molar refractivity (Wildman–Crippen MR) is 85.2 cm³/mol. The molecule has 1 aromatic carbocycles. The number of hydrogen-bond acceptors (Lipinski definition) is 4. The third kappa shape index (κ3) is 2.52. The van der Waals surface area contributed by atoms with Crippen LogP contribution in [0.15, 0.2) is 33.5 Å². The normalized spacial score (nSPS) is 11.1. The van der Waals surface area contributed by atoms with E-state index in [1.54, 1.807) is 11.6 Å². The van der Waals surface area contributed by atoms with Crippen molar-refractivity contribution in [3.63, 3.8) is 0 Å². The van der Waals surface area contributed by atoms with Gasteiger partial charge in [0, 0.05) is 0 Å². The van der Waals surface area contributed by atoms with Crippen molar-refractivity contribution < 1.29 is 14.3 Å². The summed E-state index contributed by atoms with van der Waals surface area (Å²) in [7, 11) is 0. The van der Waals surface area contributed by atoms with E-state index in [1.807, 2.05) is 38.1 Å². The summed E-state index contributed by atoms with van der Waals surface area (Å²) in [6, 6.07) is 7.67. The van der Waals surface area contributed by atoms with Crippen LogP contribution in [-0.2, 0) is 11.2 Å². The van der Waals surface area contributed by atoms with Gasteiger partial charge in [-0.1, -0.05) is 17.7 Å². The van der Waals surface area contributed by atoms with Crippen LogP contribution < -0.4 is 5.63 Å². The van der Waals surface area contributed by atoms with Crippen LogP contribution in [0.2, 0.25) is 0 Å². The van der Waals surface area contributed by atoms with Crippen molar-refractivity contribution in [3.8, 4) is 5.69 Å². The lowest BCUT2D eigenvalue weighted by atomic mass is 10.1. The minimum absolute atomic E-state index is 0.163. The molecule has 0 spiro atoms. The van der Waals surface area contributed by atoms with E-state index in [9.17, 15) is 9.59 Å². The number of carboxylic acid groups (broad SMARTS) is 1. The van der Waals surface area contributed by atoms with E-state index < -0.39 is 11.6 Å². The minimum Gasteiger partial charge on any atom is -0.481 e. The highest BCUT2D eigenvalue weighted by atomic mass is 16.4. The second-order valence-electron chi connectivity index (χ2n) is 5.58. The monoisotopic (exact) mass is 312 g/mol. The maximum Gasteiger partial charge on any atom is 0.341 e. The summed E-state index contributed by atoms with van der Waals surface area (Å²) >= 11 is 0. The van der Waals surface area contributed by atoms with Gasteiger partial charge >= 0.3 is 11.6 Å². The molecule has 0 aliphatic heterocycles. The van der Waals surface area contributed by atoms with Gasteiger partial charge in [0.05, 0.1) is 28.8 Å². The van der Waals surface area contributed by atoms with Crippen LogP contribution in [0.25, 0.3) is 16.8 Å². The number of aryl methyl sites for hydroxylation is 3. The smallest absolute Gasteiger partial charge is 0.341 e. The van der Waals surface area contributed by atoms with E-state index in [1.165, 1.54) is 0 Å². The van der Waals surface area contributed by atoms with Crippen molar-refractivity contribution in [1.29, 1.82) is 0 Å². The molecule has 0 fully saturated rings. The van der Waals surface area contributed by atoms with Gasteiger partial charge in [0.25, 0.3) is 0 Å². The average Bonchev–Trinajstić information content (AvgIpc) is 2.81. The fourth-order valence-electron chi connectivity index (χ4n) is 2.70. The Bertz CT molecular complexity index is 965. The van der Waals surface area contributed by atoms with Crippen molar-refractivity contribution in [2.24, 2.45) is 0 Å². The van der Waals surface area contributed by atoms with Crippen molar-refractivity contribution in [2.45, 2.75) is 27.2 Å². The van der Waals surface area contributed by atoms with E-state index in [0.29, 0.717) is 22.4 Å². The highest BCUT2D eigenvalue weighted by molar-refractivity contribution is 5.84. The number of carbonyl (C=O) groups is 1. The Kier molecular flexibility index (Phi) is 3.52. The van der Waals surface area contributed by atoms with Crippen LogP contribution in [-0.4, -0.2) is 20.9 Å². The first kappa shape index (κ1) is 15.0. The zero-order chi connectivity index (χ0) is 16.7. The Morgan fingerprint density at radius 1 is 1.22 bits per heavy atom. The Hall–Kier alpha value is -2.89. The molecule has 0 saturated heterocycles. The maximum atomic E-state index is 12.2. The van der Waals surface area contributed by atoms with Crippen LogP contribution in [0.3, 0.4) is 0 Å². The molecule has 118 valence electrons. The van der Waals surface area contributed by atoms with Crippen LogP contribution >= 0.6 is 0 Å². The summed E-state index contributed by atoms with van der Waals surface area (Å²) in [5.41, 5.74) is 3.05. The van der Waals surface area contributed by atoms with Crippen LogP contribution in [0.5, 0.6) is 0 Å². The lowest BCUT2D eigenvalue weighted by molar-refractivity contribution is -0.136. The molecule has 6 heteroatoms.